The third kappa shape index (κ3) is 2.89. The van der Waals surface area contributed by atoms with Crippen molar-refractivity contribution in [3.63, 3.8) is 0 Å². The summed E-state index contributed by atoms with van der Waals surface area (Å²) in [4.78, 5) is 14.9. The molecule has 0 N–H and O–H groups in total. The number of hydrogen-bond donors (Lipinski definition) is 0. The van der Waals surface area contributed by atoms with E-state index < -0.39 is 5.82 Å². The Balaban J connectivity index is 1.80. The summed E-state index contributed by atoms with van der Waals surface area (Å²) in [5.74, 6) is -0.791. The lowest BCUT2D eigenvalue weighted by atomic mass is 9.99. The number of carbonyl (C=O) groups excluding carboxylic acids is 1. The first-order valence-electron chi connectivity index (χ1n) is 8.11. The molecular formula is C20H16BrFN2O. The van der Waals surface area contributed by atoms with Gasteiger partial charge in [0.1, 0.15) is 5.82 Å². The highest BCUT2D eigenvalue weighted by Gasteiger charge is 2.33. The van der Waals surface area contributed by atoms with Gasteiger partial charge in [-0.2, -0.15) is 0 Å². The van der Waals surface area contributed by atoms with Gasteiger partial charge in [0.2, 0.25) is 0 Å². The van der Waals surface area contributed by atoms with Crippen molar-refractivity contribution in [1.82, 2.24) is 9.47 Å². The zero-order valence-corrected chi connectivity index (χ0v) is 15.0. The lowest BCUT2D eigenvalue weighted by Crippen LogP contribution is -2.42. The van der Waals surface area contributed by atoms with E-state index in [2.05, 4.69) is 20.5 Å². The van der Waals surface area contributed by atoms with E-state index in [9.17, 15) is 9.18 Å². The number of carbonyl (C=O) groups is 1. The molecule has 1 unspecified atom stereocenters. The molecule has 3 aromatic rings. The Hall–Kier alpha value is -2.40. The van der Waals surface area contributed by atoms with Crippen LogP contribution in [0, 0.1) is 5.82 Å². The largest absolute Gasteiger partial charge is 0.348 e. The van der Waals surface area contributed by atoms with E-state index in [0.29, 0.717) is 17.6 Å². The van der Waals surface area contributed by atoms with E-state index in [1.54, 1.807) is 17.0 Å². The monoisotopic (exact) mass is 398 g/mol. The van der Waals surface area contributed by atoms with Gasteiger partial charge < -0.3 is 9.47 Å². The molecule has 0 bridgehead atoms. The van der Waals surface area contributed by atoms with Crippen molar-refractivity contribution in [2.45, 2.75) is 12.6 Å². The third-order valence-electron chi connectivity index (χ3n) is 4.57. The molecule has 2 aromatic carbocycles. The molecule has 1 aliphatic rings. The first kappa shape index (κ1) is 16.1. The Morgan fingerprint density at radius 3 is 2.64 bits per heavy atom. The quantitative estimate of drug-likeness (QED) is 0.617. The average molecular weight is 399 g/mol. The molecule has 25 heavy (non-hydrogen) atoms. The fourth-order valence-corrected chi connectivity index (χ4v) is 3.77. The normalized spacial score (nSPS) is 16.6. The van der Waals surface area contributed by atoms with Crippen LogP contribution in [0.25, 0.3) is 0 Å². The fraction of sp³-hybridized carbons (Fsp3) is 0.150. The minimum atomic E-state index is -0.499. The molecule has 1 aromatic heterocycles. The van der Waals surface area contributed by atoms with E-state index in [4.69, 9.17) is 0 Å². The minimum absolute atomic E-state index is 0.0929. The molecule has 1 atom stereocenters. The van der Waals surface area contributed by atoms with Crippen molar-refractivity contribution in [3.05, 3.63) is 94.0 Å². The number of nitrogens with zero attached hydrogens (tertiary/aromatic N) is 2. The lowest BCUT2D eigenvalue weighted by molar-refractivity contribution is 0.0659. The molecule has 0 saturated heterocycles. The Morgan fingerprint density at radius 2 is 1.84 bits per heavy atom. The molecule has 0 radical (unpaired) electrons. The van der Waals surface area contributed by atoms with Gasteiger partial charge in [-0.25, -0.2) is 4.39 Å². The van der Waals surface area contributed by atoms with E-state index in [-0.39, 0.29) is 17.5 Å². The number of fused-ring (bicyclic) bond motifs is 1. The summed E-state index contributed by atoms with van der Waals surface area (Å²) in [6, 6.07) is 18.1. The van der Waals surface area contributed by atoms with Crippen LogP contribution in [0.4, 0.5) is 4.39 Å². The molecule has 5 heteroatoms. The first-order valence-corrected chi connectivity index (χ1v) is 8.90. The van der Waals surface area contributed by atoms with E-state index in [1.165, 1.54) is 6.07 Å². The maximum Gasteiger partial charge on any atom is 0.257 e. The highest BCUT2D eigenvalue weighted by molar-refractivity contribution is 9.10. The minimum Gasteiger partial charge on any atom is -0.348 e. The Bertz CT molecular complexity index is 922. The van der Waals surface area contributed by atoms with E-state index >= 15 is 0 Å². The van der Waals surface area contributed by atoms with Gasteiger partial charge >= 0.3 is 0 Å². The standard InChI is InChI=1S/C20H16BrFN2O/c21-15-8-9-17(22)16(13-15)20(25)24-12-11-23-10-4-7-18(23)19(24)14-5-2-1-3-6-14/h1-10,13,19H,11-12H2. The zero-order chi connectivity index (χ0) is 17.4. The number of rotatable bonds is 2. The van der Waals surface area contributed by atoms with Crippen LogP contribution >= 0.6 is 15.9 Å². The maximum absolute atomic E-state index is 14.3. The van der Waals surface area contributed by atoms with Crippen LogP contribution in [-0.4, -0.2) is 21.9 Å². The van der Waals surface area contributed by atoms with Crippen LogP contribution in [0.2, 0.25) is 0 Å². The molecule has 0 fully saturated rings. The average Bonchev–Trinajstić information content (AvgIpc) is 3.11. The van der Waals surface area contributed by atoms with Gasteiger partial charge in [-0.1, -0.05) is 46.3 Å². The van der Waals surface area contributed by atoms with Crippen LogP contribution < -0.4 is 0 Å². The number of halogens is 2. The SMILES string of the molecule is O=C(c1cc(Br)ccc1F)N1CCn2cccc2C1c1ccccc1. The number of aromatic nitrogens is 1. The van der Waals surface area contributed by atoms with Crippen LogP contribution in [0.1, 0.15) is 27.7 Å². The Kier molecular flexibility index (Phi) is 4.17. The van der Waals surface area contributed by atoms with Gasteiger partial charge in [0.05, 0.1) is 11.6 Å². The Labute approximate surface area is 153 Å². The van der Waals surface area contributed by atoms with Crippen molar-refractivity contribution >= 4 is 21.8 Å². The first-order chi connectivity index (χ1) is 12.1. The topological polar surface area (TPSA) is 25.2 Å². The number of benzene rings is 2. The van der Waals surface area contributed by atoms with Gasteiger partial charge in [0.15, 0.2) is 0 Å². The molecule has 0 aliphatic carbocycles. The van der Waals surface area contributed by atoms with Gasteiger partial charge in [-0.15, -0.1) is 0 Å². The molecule has 4 rings (SSSR count). The number of hydrogen-bond acceptors (Lipinski definition) is 1. The van der Waals surface area contributed by atoms with Gasteiger partial charge in [-0.3, -0.25) is 4.79 Å². The molecule has 0 spiro atoms. The predicted octanol–water partition coefficient (Wildman–Crippen LogP) is 4.64. The maximum atomic E-state index is 14.3. The van der Waals surface area contributed by atoms with Crippen LogP contribution in [0.15, 0.2) is 71.3 Å². The van der Waals surface area contributed by atoms with Crippen molar-refractivity contribution < 1.29 is 9.18 Å². The number of amides is 1. The zero-order valence-electron chi connectivity index (χ0n) is 13.4. The van der Waals surface area contributed by atoms with Crippen molar-refractivity contribution in [3.8, 4) is 0 Å². The van der Waals surface area contributed by atoms with Crippen LogP contribution in [-0.2, 0) is 6.54 Å². The summed E-state index contributed by atoms with van der Waals surface area (Å²) >= 11 is 3.33. The molecule has 2 heterocycles. The molecule has 126 valence electrons. The molecular weight excluding hydrogens is 383 g/mol. The van der Waals surface area contributed by atoms with Gasteiger partial charge in [0, 0.05) is 29.5 Å². The van der Waals surface area contributed by atoms with Crippen LogP contribution in [0.3, 0.4) is 0 Å². The van der Waals surface area contributed by atoms with Crippen molar-refractivity contribution in [2.24, 2.45) is 0 Å². The second-order valence-corrected chi connectivity index (χ2v) is 6.98. The summed E-state index contributed by atoms with van der Waals surface area (Å²) in [7, 11) is 0. The summed E-state index contributed by atoms with van der Waals surface area (Å²) in [6.45, 7) is 1.24. The summed E-state index contributed by atoms with van der Waals surface area (Å²) < 4.78 is 17.1. The third-order valence-corrected chi connectivity index (χ3v) is 5.07. The fourth-order valence-electron chi connectivity index (χ4n) is 3.40. The predicted molar refractivity (Wildman–Crippen MR) is 97.9 cm³/mol. The van der Waals surface area contributed by atoms with Crippen molar-refractivity contribution in [2.75, 3.05) is 6.54 Å². The second kappa shape index (κ2) is 6.48. The summed E-state index contributed by atoms with van der Waals surface area (Å²) in [6.07, 6.45) is 2.02. The highest BCUT2D eigenvalue weighted by Crippen LogP contribution is 2.34. The van der Waals surface area contributed by atoms with Crippen molar-refractivity contribution in [1.29, 1.82) is 0 Å². The molecule has 1 aliphatic heterocycles. The molecule has 1 amide bonds. The van der Waals surface area contributed by atoms with Crippen LogP contribution in [0.5, 0.6) is 0 Å². The molecule has 0 saturated carbocycles. The van der Waals surface area contributed by atoms with Gasteiger partial charge in [0.25, 0.3) is 5.91 Å². The highest BCUT2D eigenvalue weighted by atomic mass is 79.9. The molecule has 3 nitrogen and oxygen atoms in total. The smallest absolute Gasteiger partial charge is 0.257 e. The summed E-state index contributed by atoms with van der Waals surface area (Å²) in [5.41, 5.74) is 2.16. The lowest BCUT2D eigenvalue weighted by Gasteiger charge is -2.37. The second-order valence-electron chi connectivity index (χ2n) is 6.06. The summed E-state index contributed by atoms with van der Waals surface area (Å²) in [5, 5.41) is 0. The Morgan fingerprint density at radius 1 is 1.04 bits per heavy atom. The van der Waals surface area contributed by atoms with E-state index in [0.717, 1.165) is 11.3 Å². The van der Waals surface area contributed by atoms with E-state index in [1.807, 2.05) is 48.7 Å². The van der Waals surface area contributed by atoms with Gasteiger partial charge in [-0.05, 0) is 35.9 Å².